The fraction of sp³-hybridized carbons (Fsp3) is 0.300. The van der Waals surface area contributed by atoms with Gasteiger partial charge in [-0.2, -0.15) is 0 Å². The molecule has 3 nitrogen and oxygen atoms in total. The van der Waals surface area contributed by atoms with E-state index in [0.29, 0.717) is 6.54 Å². The Balaban J connectivity index is 2.35. The molecule has 1 aromatic rings. The quantitative estimate of drug-likeness (QED) is 0.488. The van der Waals surface area contributed by atoms with Crippen molar-refractivity contribution in [1.29, 1.82) is 0 Å². The van der Waals surface area contributed by atoms with Gasteiger partial charge in [0.25, 0.3) is 0 Å². The molecule has 4 heteroatoms. The number of nitrogens with zero attached hydrogens (tertiary/aromatic N) is 1. The molecule has 0 saturated heterocycles. The number of hydrogen-bond acceptors (Lipinski definition) is 1. The van der Waals surface area contributed by atoms with Crippen molar-refractivity contribution >= 4 is 21.9 Å². The largest absolute Gasteiger partial charge is 0.370 e. The summed E-state index contributed by atoms with van der Waals surface area (Å²) < 4.78 is 1.11. The van der Waals surface area contributed by atoms with Gasteiger partial charge in [-0.15, -0.1) is 0 Å². The Labute approximate surface area is 92.3 Å². The van der Waals surface area contributed by atoms with Crippen LogP contribution in [0.5, 0.6) is 0 Å². The third-order valence-corrected chi connectivity index (χ3v) is 2.30. The minimum absolute atomic E-state index is 0.166. The van der Waals surface area contributed by atoms with Crippen LogP contribution in [-0.4, -0.2) is 12.5 Å². The summed E-state index contributed by atoms with van der Waals surface area (Å²) in [5.74, 6) is 0.166. The number of benzene rings is 1. The lowest BCUT2D eigenvalue weighted by Gasteiger charge is -2.00. The summed E-state index contributed by atoms with van der Waals surface area (Å²) >= 11 is 3.43. The normalized spacial score (nSPS) is 9.79. The van der Waals surface area contributed by atoms with Crippen LogP contribution < -0.4 is 11.5 Å². The summed E-state index contributed by atoms with van der Waals surface area (Å²) in [5, 5.41) is 0. The molecule has 14 heavy (non-hydrogen) atoms. The van der Waals surface area contributed by atoms with E-state index in [1.807, 2.05) is 12.1 Å². The monoisotopic (exact) mass is 255 g/mol. The maximum atomic E-state index is 5.22. The first-order valence-electron chi connectivity index (χ1n) is 4.48. The number of nitrogens with two attached hydrogens (primary N) is 2. The van der Waals surface area contributed by atoms with Crippen molar-refractivity contribution in [2.75, 3.05) is 6.54 Å². The average Bonchev–Trinajstić information content (AvgIpc) is 2.12. The lowest BCUT2D eigenvalue weighted by molar-refractivity contribution is 0.831. The van der Waals surface area contributed by atoms with Crippen LogP contribution in [0.4, 0.5) is 0 Å². The molecule has 76 valence electrons. The van der Waals surface area contributed by atoms with E-state index in [1.165, 1.54) is 5.56 Å². The number of aliphatic imine (C=N–C) groups is 1. The molecule has 0 heterocycles. The molecule has 0 unspecified atom stereocenters. The molecule has 0 radical (unpaired) electrons. The number of aryl methyl sites for hydroxylation is 1. The van der Waals surface area contributed by atoms with Crippen molar-refractivity contribution < 1.29 is 0 Å². The Kier molecular flexibility index (Phi) is 4.46. The van der Waals surface area contributed by atoms with Gasteiger partial charge in [0.15, 0.2) is 5.96 Å². The van der Waals surface area contributed by atoms with Gasteiger partial charge in [0, 0.05) is 11.0 Å². The second-order valence-electron chi connectivity index (χ2n) is 3.04. The summed E-state index contributed by atoms with van der Waals surface area (Å²) in [6.07, 6.45) is 1.96. The highest BCUT2D eigenvalue weighted by Gasteiger charge is 1.93. The fourth-order valence-corrected chi connectivity index (χ4v) is 1.63. The van der Waals surface area contributed by atoms with Gasteiger partial charge in [-0.3, -0.25) is 4.99 Å². The van der Waals surface area contributed by atoms with Crippen LogP contribution in [-0.2, 0) is 6.42 Å². The van der Waals surface area contributed by atoms with Crippen LogP contribution in [0.15, 0.2) is 33.7 Å². The van der Waals surface area contributed by atoms with Crippen LogP contribution in [0.2, 0.25) is 0 Å². The highest BCUT2D eigenvalue weighted by molar-refractivity contribution is 9.10. The molecule has 1 aromatic carbocycles. The summed E-state index contributed by atoms with van der Waals surface area (Å²) in [5.41, 5.74) is 11.7. The topological polar surface area (TPSA) is 64.4 Å². The van der Waals surface area contributed by atoms with Crippen molar-refractivity contribution in [3.63, 3.8) is 0 Å². The van der Waals surface area contributed by atoms with Crippen molar-refractivity contribution in [3.05, 3.63) is 34.3 Å². The predicted octanol–water partition coefficient (Wildman–Crippen LogP) is 1.66. The maximum absolute atomic E-state index is 5.22. The molecular weight excluding hydrogens is 242 g/mol. The third-order valence-electron chi connectivity index (χ3n) is 1.81. The average molecular weight is 256 g/mol. The van der Waals surface area contributed by atoms with E-state index in [2.05, 4.69) is 33.1 Å². The first kappa shape index (κ1) is 11.0. The standard InChI is InChI=1S/C10H14BrN3/c11-9-5-1-3-8(7-9)4-2-6-14-10(12)13/h1,3,5,7H,2,4,6H2,(H4,12,13,14). The zero-order valence-corrected chi connectivity index (χ0v) is 9.50. The lowest BCUT2D eigenvalue weighted by Crippen LogP contribution is -2.23. The Hall–Kier alpha value is -1.03. The van der Waals surface area contributed by atoms with E-state index in [0.717, 1.165) is 17.3 Å². The first-order chi connectivity index (χ1) is 6.68. The fourth-order valence-electron chi connectivity index (χ4n) is 1.18. The van der Waals surface area contributed by atoms with Gasteiger partial charge in [0.1, 0.15) is 0 Å². The SMILES string of the molecule is NC(N)=NCCCc1cccc(Br)c1. The van der Waals surface area contributed by atoms with Crippen LogP contribution in [0.25, 0.3) is 0 Å². The van der Waals surface area contributed by atoms with Gasteiger partial charge in [0.2, 0.25) is 0 Å². The molecule has 0 aliphatic heterocycles. The van der Waals surface area contributed by atoms with Gasteiger partial charge >= 0.3 is 0 Å². The van der Waals surface area contributed by atoms with E-state index in [1.54, 1.807) is 0 Å². The molecule has 0 aliphatic rings. The van der Waals surface area contributed by atoms with Gasteiger partial charge in [-0.1, -0.05) is 28.1 Å². The Bertz CT molecular complexity index is 319. The highest BCUT2D eigenvalue weighted by atomic mass is 79.9. The van der Waals surface area contributed by atoms with E-state index >= 15 is 0 Å². The molecule has 0 amide bonds. The molecular formula is C10H14BrN3. The van der Waals surface area contributed by atoms with Crippen LogP contribution in [0.1, 0.15) is 12.0 Å². The van der Waals surface area contributed by atoms with E-state index in [4.69, 9.17) is 11.5 Å². The van der Waals surface area contributed by atoms with Crippen molar-refractivity contribution in [2.24, 2.45) is 16.5 Å². The zero-order chi connectivity index (χ0) is 10.4. The molecule has 0 spiro atoms. The molecule has 0 bridgehead atoms. The minimum Gasteiger partial charge on any atom is -0.370 e. The molecule has 0 saturated carbocycles. The smallest absolute Gasteiger partial charge is 0.185 e. The van der Waals surface area contributed by atoms with Gasteiger partial charge < -0.3 is 11.5 Å². The Morgan fingerprint density at radius 2 is 2.14 bits per heavy atom. The zero-order valence-electron chi connectivity index (χ0n) is 7.91. The molecule has 4 N–H and O–H groups in total. The maximum Gasteiger partial charge on any atom is 0.185 e. The second-order valence-corrected chi connectivity index (χ2v) is 3.96. The van der Waals surface area contributed by atoms with Crippen molar-refractivity contribution in [2.45, 2.75) is 12.8 Å². The summed E-state index contributed by atoms with van der Waals surface area (Å²) in [4.78, 5) is 3.92. The van der Waals surface area contributed by atoms with Crippen LogP contribution in [0, 0.1) is 0 Å². The number of halogens is 1. The molecule has 0 atom stereocenters. The van der Waals surface area contributed by atoms with Gasteiger partial charge in [0.05, 0.1) is 0 Å². The highest BCUT2D eigenvalue weighted by Crippen LogP contribution is 2.12. The number of hydrogen-bond donors (Lipinski definition) is 2. The van der Waals surface area contributed by atoms with Crippen LogP contribution in [0.3, 0.4) is 0 Å². The van der Waals surface area contributed by atoms with Crippen molar-refractivity contribution in [3.8, 4) is 0 Å². The molecule has 1 rings (SSSR count). The van der Waals surface area contributed by atoms with Gasteiger partial charge in [-0.05, 0) is 30.5 Å². The number of rotatable bonds is 4. The van der Waals surface area contributed by atoms with E-state index in [9.17, 15) is 0 Å². The van der Waals surface area contributed by atoms with E-state index in [-0.39, 0.29) is 5.96 Å². The van der Waals surface area contributed by atoms with Crippen LogP contribution >= 0.6 is 15.9 Å². The minimum atomic E-state index is 0.166. The summed E-state index contributed by atoms with van der Waals surface area (Å²) in [6.45, 7) is 0.689. The van der Waals surface area contributed by atoms with Crippen molar-refractivity contribution in [1.82, 2.24) is 0 Å². The molecule has 0 aliphatic carbocycles. The number of guanidine groups is 1. The molecule has 0 aromatic heterocycles. The predicted molar refractivity (Wildman–Crippen MR) is 63.1 cm³/mol. The Morgan fingerprint density at radius 1 is 1.36 bits per heavy atom. The Morgan fingerprint density at radius 3 is 2.79 bits per heavy atom. The second kappa shape index (κ2) is 5.65. The van der Waals surface area contributed by atoms with Gasteiger partial charge in [-0.25, -0.2) is 0 Å². The molecule has 0 fully saturated rings. The summed E-state index contributed by atoms with van der Waals surface area (Å²) in [7, 11) is 0. The van der Waals surface area contributed by atoms with E-state index < -0.39 is 0 Å². The first-order valence-corrected chi connectivity index (χ1v) is 5.27. The summed E-state index contributed by atoms with van der Waals surface area (Å²) in [6, 6.07) is 8.25. The third kappa shape index (κ3) is 4.28. The lowest BCUT2D eigenvalue weighted by atomic mass is 10.1.